The van der Waals surface area contributed by atoms with Crippen molar-refractivity contribution in [3.8, 4) is 697 Å². The standard InChI is InChI=1S/C114H2.C9H7F3N4OS.C9H6F3N3O2S/c1-3-5-7-9-11-13-15-17-19-21-23-25-27-29-31-33-35-37-39-41-43-45-47-49-51-53-55-57-59-61-63-65-67-69-71-73-75-77-79-81-83-85-87-89-91-93-95-97-99-101-103-105-107-109-111-113-114-112-110-108-106-104-102-100-98-96-94-92-90-88-86-84-82-80-78-76-74-72-70-68-66-64-62-60-58-56-54-52-50-48-46-44-42-40-38-36-34-32-30-28-26-24-22-20-18-16-14-12-10-8-6-4-2;1-16-6(7(13)17)4(2-14-16)8-15-5(3-18-8)9(10,11)12;1-15-6(8(16)17)4(2-13-15)7-14-5(3-18-7)9(10,11)12/h1-2H;2-3H,1H3,(H2,13,17);2-3H,1H3,(H,16,17). The average molecular weight is 1920 g/mol. The fourth-order valence-corrected chi connectivity index (χ4v) is 7.91. The van der Waals surface area contributed by atoms with Crippen LogP contribution < -0.4 is 5.73 Å². The number of alkyl halides is 6. The van der Waals surface area contributed by atoms with Crippen LogP contribution >= 0.6 is 22.7 Å². The summed E-state index contributed by atoms with van der Waals surface area (Å²) in [6, 6.07) is 0. The number of amides is 1. The van der Waals surface area contributed by atoms with Gasteiger partial charge in [0.05, 0.1) is 23.5 Å². The number of aromatic nitrogens is 6. The molecular formula is C132H15F6N7O3S2. The number of carbonyl (C=O) groups excluding carboxylic acids is 1. The van der Waals surface area contributed by atoms with Crippen molar-refractivity contribution in [1.82, 2.24) is 29.5 Å². The summed E-state index contributed by atoms with van der Waals surface area (Å²) < 4.78 is 76.7. The topological polar surface area (TPSA) is 142 Å². The van der Waals surface area contributed by atoms with Crippen LogP contribution in [-0.2, 0) is 26.4 Å². The van der Waals surface area contributed by atoms with Crippen LogP contribution in [0.4, 0.5) is 26.3 Å². The smallest absolute Gasteiger partial charge is 0.434 e. The molecule has 3 N–H and O–H groups in total. The number of aryl methyl sites for hydroxylation is 2. The first-order valence-corrected chi connectivity index (χ1v) is 39.3. The van der Waals surface area contributed by atoms with Gasteiger partial charge in [-0.1, -0.05) is 0 Å². The largest absolute Gasteiger partial charge is 0.477 e. The molecule has 150 heavy (non-hydrogen) atoms. The van der Waals surface area contributed by atoms with Crippen molar-refractivity contribution in [3.05, 3.63) is 45.9 Å². The molecule has 0 aliphatic carbocycles. The zero-order valence-corrected chi connectivity index (χ0v) is 76.7. The van der Waals surface area contributed by atoms with E-state index in [1.807, 2.05) is 0 Å². The molecule has 4 heterocycles. The van der Waals surface area contributed by atoms with Gasteiger partial charge in [-0.3, -0.25) is 14.2 Å². The number of carboxylic acid groups (broad SMARTS) is 1. The third-order valence-electron chi connectivity index (χ3n) is 11.3. The Labute approximate surface area is 874 Å². The Morgan fingerprint density at radius 2 is 0.347 bits per heavy atom. The molecule has 0 aliphatic heterocycles. The summed E-state index contributed by atoms with van der Waals surface area (Å²) in [4.78, 5) is 29.0. The minimum absolute atomic E-state index is 0.0205. The highest BCUT2D eigenvalue weighted by Crippen LogP contribution is 2.36. The van der Waals surface area contributed by atoms with Gasteiger partial charge in [0.1, 0.15) is 15.7 Å². The lowest BCUT2D eigenvalue weighted by Crippen LogP contribution is -2.16. The third-order valence-corrected chi connectivity index (χ3v) is 13.1. The minimum Gasteiger partial charge on any atom is -0.477 e. The zero-order valence-electron chi connectivity index (χ0n) is 75.1. The first kappa shape index (κ1) is 117. The Balaban J connectivity index is 0.00000172. The second kappa shape index (κ2) is 85.6. The first-order chi connectivity index (χ1) is 73.5. The summed E-state index contributed by atoms with van der Waals surface area (Å²) in [5, 5.41) is 18.2. The van der Waals surface area contributed by atoms with Crippen LogP contribution in [0.15, 0.2) is 23.2 Å². The fourth-order valence-electron chi connectivity index (χ4n) is 6.24. The lowest BCUT2D eigenvalue weighted by molar-refractivity contribution is -0.141. The summed E-state index contributed by atoms with van der Waals surface area (Å²) in [5.74, 6) is 276. The number of rotatable bonds is 4. The Bertz CT molecular complexity index is 9820. The average Bonchev–Trinajstić information content (AvgIpc) is 1.66. The number of hydrogen-bond acceptors (Lipinski definition) is 8. The minimum atomic E-state index is -4.54. The van der Waals surface area contributed by atoms with Gasteiger partial charge < -0.3 is 10.8 Å². The predicted octanol–water partition coefficient (Wildman–Crippen LogP) is 4.36. The molecule has 0 bridgehead atoms. The number of halogens is 6. The van der Waals surface area contributed by atoms with E-state index in [9.17, 15) is 35.9 Å². The number of terminal acetylenes is 2. The number of nitrogens with two attached hydrogens (primary N) is 1. The van der Waals surface area contributed by atoms with Gasteiger partial charge in [0.25, 0.3) is 5.91 Å². The Morgan fingerprint density at radius 3 is 0.447 bits per heavy atom. The summed E-state index contributed by atoms with van der Waals surface area (Å²) in [7, 11) is 2.87. The van der Waals surface area contributed by atoms with Crippen molar-refractivity contribution in [3.63, 3.8) is 0 Å². The summed E-state index contributed by atoms with van der Waals surface area (Å²) in [6.07, 6.45) is 3.30. The molecule has 10 nitrogen and oxygen atoms in total. The van der Waals surface area contributed by atoms with E-state index < -0.39 is 35.6 Å². The number of thiazole rings is 2. The van der Waals surface area contributed by atoms with Crippen molar-refractivity contribution in [2.45, 2.75) is 12.4 Å². The van der Waals surface area contributed by atoms with Gasteiger partial charge in [-0.15, -0.1) is 35.5 Å². The number of carboxylic acids is 1. The Morgan fingerprint density at radius 1 is 0.233 bits per heavy atom. The second-order valence-corrected chi connectivity index (χ2v) is 22.6. The van der Waals surface area contributed by atoms with Crippen LogP contribution in [0, 0.1) is 676 Å². The van der Waals surface area contributed by atoms with E-state index in [0.717, 1.165) is 38.1 Å². The van der Waals surface area contributed by atoms with E-state index in [-0.39, 0.29) is 32.5 Å². The van der Waals surface area contributed by atoms with Gasteiger partial charge in [-0.2, -0.15) is 36.5 Å². The van der Waals surface area contributed by atoms with E-state index in [2.05, 4.69) is 683 Å². The first-order valence-electron chi connectivity index (χ1n) is 37.6. The number of aromatic carboxylic acids is 1. The molecule has 0 unspecified atom stereocenters. The molecule has 0 fully saturated rings. The van der Waals surface area contributed by atoms with Gasteiger partial charge in [0, 0.05) is 593 Å². The molecule has 4 aromatic rings. The van der Waals surface area contributed by atoms with Crippen LogP contribution in [-0.4, -0.2) is 46.5 Å². The van der Waals surface area contributed by atoms with Crippen LogP contribution in [0.2, 0.25) is 0 Å². The number of primary amides is 1. The lowest BCUT2D eigenvalue weighted by atomic mass is 10.2. The van der Waals surface area contributed by atoms with Crippen LogP contribution in [0.25, 0.3) is 21.1 Å². The number of nitrogens with zero attached hydrogens (tertiary/aromatic N) is 6. The van der Waals surface area contributed by atoms with Gasteiger partial charge >= 0.3 is 18.3 Å². The van der Waals surface area contributed by atoms with Gasteiger partial charge in [-0.25, -0.2) is 14.8 Å². The SMILES string of the molecule is C#CC#CC#CC#CC#CC#CC#CC#CC#CC#CC#CC#CC#CC#CC#CC#CC#CC#CC#CC#CC#CC#CC#CC#CC#CC#CC#CC#CC#CC#CC#CC#CC#CC#CC#CC#CC#CC#CC#CC#CC#CC#CC#CC#CC#CC#CC#CC#CC#CC#CC#CC#CC#CC#CC#CC#CC#C.Cn1ncc(-c2nc(C(F)(F)F)cs2)c1C(=O)O.Cn1ncc(-c2nc(C(F)(F)F)cs2)c1C(N)=O. The highest BCUT2D eigenvalue weighted by molar-refractivity contribution is 7.13. The van der Waals surface area contributed by atoms with Crippen molar-refractivity contribution in [2.24, 2.45) is 19.8 Å². The normalized spacial score (nSPS) is 5.83. The van der Waals surface area contributed by atoms with Crippen LogP contribution in [0.3, 0.4) is 0 Å². The molecule has 4 rings (SSSR count). The maximum atomic E-state index is 12.4. The molecule has 0 saturated carbocycles. The van der Waals surface area contributed by atoms with Crippen molar-refractivity contribution < 1.29 is 41.0 Å². The molecule has 650 valence electrons. The summed E-state index contributed by atoms with van der Waals surface area (Å²) in [6.45, 7) is 0. The Hall–Kier alpha value is -28.9. The maximum Gasteiger partial charge on any atom is 0.434 e. The van der Waals surface area contributed by atoms with Crippen molar-refractivity contribution in [2.75, 3.05) is 0 Å². The summed E-state index contributed by atoms with van der Waals surface area (Å²) in [5.41, 5.74) is 3.21. The molecule has 0 aromatic carbocycles. The molecule has 18 heteroatoms. The zero-order chi connectivity index (χ0) is 108. The lowest BCUT2D eigenvalue weighted by Gasteiger charge is -2.00. The predicted molar refractivity (Wildman–Crippen MR) is 559 cm³/mol. The molecule has 0 aliphatic rings. The Kier molecular flexibility index (Phi) is 66.9. The molecule has 4 aromatic heterocycles. The molecular weight excluding hydrogens is 1910 g/mol. The molecule has 0 saturated heterocycles. The van der Waals surface area contributed by atoms with E-state index in [4.69, 9.17) is 23.7 Å². The highest BCUT2D eigenvalue weighted by Gasteiger charge is 2.35. The fraction of sp³-hybridized carbons (Fsp3) is 0.0303. The van der Waals surface area contributed by atoms with Gasteiger partial charge in [0.2, 0.25) is 0 Å². The molecule has 0 spiro atoms. The van der Waals surface area contributed by atoms with Crippen LogP contribution in [0.1, 0.15) is 32.4 Å². The van der Waals surface area contributed by atoms with E-state index in [1.165, 1.54) is 31.2 Å². The summed E-state index contributed by atoms with van der Waals surface area (Å²) >= 11 is 1.51. The van der Waals surface area contributed by atoms with E-state index in [0.29, 0.717) is 0 Å². The van der Waals surface area contributed by atoms with Crippen molar-refractivity contribution >= 4 is 34.6 Å². The third kappa shape index (κ3) is 70.0. The molecule has 0 atom stereocenters. The monoisotopic (exact) mass is 1920 g/mol. The van der Waals surface area contributed by atoms with E-state index in [1.54, 1.807) is 0 Å². The maximum absolute atomic E-state index is 12.4. The van der Waals surface area contributed by atoms with Crippen molar-refractivity contribution in [1.29, 1.82) is 0 Å². The van der Waals surface area contributed by atoms with Crippen LogP contribution in [0.5, 0.6) is 0 Å². The number of carbonyl (C=O) groups is 2. The van der Waals surface area contributed by atoms with Gasteiger partial charge in [-0.05, 0) is 94.7 Å². The molecule has 0 radical (unpaired) electrons. The quantitative estimate of drug-likeness (QED) is 0.229. The highest BCUT2D eigenvalue weighted by atomic mass is 32.1. The van der Waals surface area contributed by atoms with E-state index >= 15 is 0 Å². The second-order valence-electron chi connectivity index (χ2n) is 20.8. The number of hydrogen-bond donors (Lipinski definition) is 2. The van der Waals surface area contributed by atoms with Gasteiger partial charge in [0.15, 0.2) is 17.1 Å². The molecule has 1 amide bonds.